The first kappa shape index (κ1) is 36.6. The quantitative estimate of drug-likeness (QED) is 0.181. The lowest BCUT2D eigenvalue weighted by molar-refractivity contribution is -0.348. The molecule has 0 aromatic heterocycles. The summed E-state index contributed by atoms with van der Waals surface area (Å²) in [7, 11) is 0. The normalized spacial score (nSPS) is 33.8. The topological polar surface area (TPSA) is 92.3 Å². The predicted octanol–water partition coefficient (Wildman–Crippen LogP) is 6.68. The molecule has 10 heteroatoms. The van der Waals surface area contributed by atoms with E-state index < -0.39 is 54.2 Å². The molecule has 0 N–H and O–H groups in total. The molecule has 4 heterocycles. The van der Waals surface area contributed by atoms with Crippen molar-refractivity contribution in [1.82, 2.24) is 0 Å². The van der Waals surface area contributed by atoms with Crippen molar-refractivity contribution in [1.29, 1.82) is 0 Å². The van der Waals surface area contributed by atoms with Crippen molar-refractivity contribution >= 4 is 0 Å². The Morgan fingerprint density at radius 1 is 0.588 bits per heavy atom. The van der Waals surface area contributed by atoms with Gasteiger partial charge in [-0.1, -0.05) is 97.9 Å². The molecule has 0 bridgehead atoms. The third-order valence-electron chi connectivity index (χ3n) is 9.90. The number of hydrogen-bond acceptors (Lipinski definition) is 10. The first-order valence-electron chi connectivity index (χ1n) is 18.2. The van der Waals surface area contributed by atoms with E-state index in [4.69, 9.17) is 47.4 Å². The van der Waals surface area contributed by atoms with E-state index in [2.05, 4.69) is 43.3 Å². The number of fused-ring (bicyclic) bond motifs is 3. The van der Waals surface area contributed by atoms with Crippen LogP contribution >= 0.6 is 0 Å². The third kappa shape index (κ3) is 8.91. The van der Waals surface area contributed by atoms with Crippen LogP contribution in [0.15, 0.2) is 91.0 Å². The standard InChI is InChI=1S/C41H52O10/c1-6-41(45-27-32-35-36(49-39(2,3)48-35)37-38(46-32)51-40(4,5)50-37)22-31(43-24-29-18-12-8-13-19-29)34(44-25-30-20-14-9-15-21-30)33(47-41)26-42-23-28-16-10-7-11-17-28/h7-21,31-38H,6,22-27H2,1-5H3/t31-,32-,33-,34-,35+,36+,37-,38-,41+/m1/s1. The van der Waals surface area contributed by atoms with Crippen LogP contribution in [0.25, 0.3) is 0 Å². The molecule has 0 saturated carbocycles. The summed E-state index contributed by atoms with van der Waals surface area (Å²) in [6.07, 6.45) is -2.62. The molecule has 0 radical (unpaired) electrons. The van der Waals surface area contributed by atoms with Gasteiger partial charge in [0.25, 0.3) is 0 Å². The highest BCUT2D eigenvalue weighted by Crippen LogP contribution is 2.45. The van der Waals surface area contributed by atoms with Crippen molar-refractivity contribution in [3.63, 3.8) is 0 Å². The van der Waals surface area contributed by atoms with Crippen LogP contribution in [0.4, 0.5) is 0 Å². The van der Waals surface area contributed by atoms with E-state index in [1.807, 2.05) is 82.3 Å². The molecule has 7 rings (SSSR count). The molecule has 4 fully saturated rings. The van der Waals surface area contributed by atoms with Gasteiger partial charge in [-0.3, -0.25) is 0 Å². The van der Waals surface area contributed by atoms with Gasteiger partial charge in [0.15, 0.2) is 23.7 Å². The molecule has 0 unspecified atom stereocenters. The fraction of sp³-hybridized carbons (Fsp3) is 0.561. The van der Waals surface area contributed by atoms with E-state index in [1.54, 1.807) is 0 Å². The summed E-state index contributed by atoms with van der Waals surface area (Å²) in [5.74, 6) is -2.65. The number of ether oxygens (including phenoxy) is 10. The van der Waals surface area contributed by atoms with Crippen LogP contribution in [-0.2, 0) is 67.2 Å². The zero-order valence-electron chi connectivity index (χ0n) is 30.3. The average molecular weight is 705 g/mol. The molecule has 4 aliphatic heterocycles. The van der Waals surface area contributed by atoms with Gasteiger partial charge in [-0.25, -0.2) is 0 Å². The summed E-state index contributed by atoms with van der Waals surface area (Å²) in [5, 5.41) is 0. The molecule has 3 aromatic carbocycles. The summed E-state index contributed by atoms with van der Waals surface area (Å²) in [5.41, 5.74) is 3.22. The highest BCUT2D eigenvalue weighted by Gasteiger charge is 2.61. The Morgan fingerprint density at radius 3 is 1.76 bits per heavy atom. The number of hydrogen-bond donors (Lipinski definition) is 0. The number of benzene rings is 3. The van der Waals surface area contributed by atoms with Gasteiger partial charge in [0, 0.05) is 6.42 Å². The molecule has 3 aromatic rings. The molecule has 276 valence electrons. The van der Waals surface area contributed by atoms with Crippen molar-refractivity contribution in [2.45, 2.75) is 134 Å². The first-order chi connectivity index (χ1) is 24.6. The molecule has 0 amide bonds. The van der Waals surface area contributed by atoms with E-state index in [-0.39, 0.29) is 25.4 Å². The molecule has 9 atom stereocenters. The zero-order valence-corrected chi connectivity index (χ0v) is 30.3. The first-order valence-corrected chi connectivity index (χ1v) is 18.2. The molecule has 10 nitrogen and oxygen atoms in total. The summed E-state index contributed by atoms with van der Waals surface area (Å²) < 4.78 is 65.2. The van der Waals surface area contributed by atoms with Crippen LogP contribution in [0.2, 0.25) is 0 Å². The summed E-state index contributed by atoms with van der Waals surface area (Å²) in [4.78, 5) is 0. The summed E-state index contributed by atoms with van der Waals surface area (Å²) >= 11 is 0. The van der Waals surface area contributed by atoms with Crippen LogP contribution < -0.4 is 0 Å². The Bertz CT molecular complexity index is 1520. The highest BCUT2D eigenvalue weighted by molar-refractivity contribution is 5.15. The fourth-order valence-corrected chi connectivity index (χ4v) is 7.45. The lowest BCUT2D eigenvalue weighted by Gasteiger charge is -2.48. The average Bonchev–Trinajstić information content (AvgIpc) is 3.64. The summed E-state index contributed by atoms with van der Waals surface area (Å²) in [6.45, 7) is 11.4. The monoisotopic (exact) mass is 704 g/mol. The van der Waals surface area contributed by atoms with Gasteiger partial charge in [-0.2, -0.15) is 0 Å². The van der Waals surface area contributed by atoms with Gasteiger partial charge in [-0.15, -0.1) is 0 Å². The van der Waals surface area contributed by atoms with Crippen molar-refractivity contribution in [3.8, 4) is 0 Å². The molecule has 4 saturated heterocycles. The molecule has 4 aliphatic rings. The van der Waals surface area contributed by atoms with E-state index in [0.717, 1.165) is 16.7 Å². The zero-order chi connectivity index (χ0) is 35.5. The molecule has 51 heavy (non-hydrogen) atoms. The molecule has 0 aliphatic carbocycles. The fourth-order valence-electron chi connectivity index (χ4n) is 7.45. The maximum absolute atomic E-state index is 6.97. The lowest BCUT2D eigenvalue weighted by atomic mass is 9.93. The van der Waals surface area contributed by atoms with E-state index in [1.165, 1.54) is 0 Å². The van der Waals surface area contributed by atoms with Gasteiger partial charge in [-0.05, 0) is 50.8 Å². The van der Waals surface area contributed by atoms with Crippen LogP contribution in [0.1, 0.15) is 64.2 Å². The van der Waals surface area contributed by atoms with Crippen LogP contribution in [0, 0.1) is 0 Å². The van der Waals surface area contributed by atoms with Crippen molar-refractivity contribution < 1.29 is 47.4 Å². The Balaban J connectivity index is 1.12. The van der Waals surface area contributed by atoms with Gasteiger partial charge < -0.3 is 47.4 Å². The smallest absolute Gasteiger partial charge is 0.190 e. The van der Waals surface area contributed by atoms with Crippen LogP contribution in [-0.4, -0.2) is 79.6 Å². The van der Waals surface area contributed by atoms with Crippen LogP contribution in [0.3, 0.4) is 0 Å². The Kier molecular flexibility index (Phi) is 11.3. The minimum Gasteiger partial charge on any atom is -0.374 e. The maximum atomic E-state index is 6.97. The molecular formula is C41H52O10. The Labute approximate surface area is 301 Å². The molecule has 0 spiro atoms. The second-order valence-corrected chi connectivity index (χ2v) is 14.7. The summed E-state index contributed by atoms with van der Waals surface area (Å²) in [6, 6.07) is 30.4. The highest BCUT2D eigenvalue weighted by atomic mass is 16.9. The minimum atomic E-state index is -1.02. The van der Waals surface area contributed by atoms with E-state index >= 15 is 0 Å². The van der Waals surface area contributed by atoms with Gasteiger partial charge in [0.1, 0.15) is 36.6 Å². The van der Waals surface area contributed by atoms with E-state index in [9.17, 15) is 0 Å². The van der Waals surface area contributed by atoms with Crippen molar-refractivity contribution in [2.75, 3.05) is 13.2 Å². The van der Waals surface area contributed by atoms with Crippen molar-refractivity contribution in [2.24, 2.45) is 0 Å². The second-order valence-electron chi connectivity index (χ2n) is 14.7. The van der Waals surface area contributed by atoms with Crippen molar-refractivity contribution in [3.05, 3.63) is 108 Å². The van der Waals surface area contributed by atoms with Crippen LogP contribution in [0.5, 0.6) is 0 Å². The Morgan fingerprint density at radius 2 is 1.14 bits per heavy atom. The maximum Gasteiger partial charge on any atom is 0.190 e. The second kappa shape index (κ2) is 15.7. The molecular weight excluding hydrogens is 652 g/mol. The van der Waals surface area contributed by atoms with Gasteiger partial charge >= 0.3 is 0 Å². The van der Waals surface area contributed by atoms with Gasteiger partial charge in [0.05, 0.1) is 39.1 Å². The van der Waals surface area contributed by atoms with Gasteiger partial charge in [0.2, 0.25) is 0 Å². The lowest BCUT2D eigenvalue weighted by Crippen LogP contribution is -2.60. The third-order valence-corrected chi connectivity index (χ3v) is 9.90. The largest absolute Gasteiger partial charge is 0.374 e. The van der Waals surface area contributed by atoms with E-state index in [0.29, 0.717) is 32.7 Å². The predicted molar refractivity (Wildman–Crippen MR) is 187 cm³/mol. The minimum absolute atomic E-state index is 0.181. The SMILES string of the molecule is CC[C@@]1(OC[C@H]2O[C@@H]3OC(C)(C)O[C@@H]3[C@H]3OC(C)(C)O[C@H]32)C[C@@H](OCc2ccccc2)[C@@H](OCc2ccccc2)[C@@H](COCc2ccccc2)O1. The number of rotatable bonds is 14. The Hall–Kier alpha value is -2.74.